The molecule has 1 aromatic carbocycles. The van der Waals surface area contributed by atoms with Crippen LogP contribution in [0.2, 0.25) is 0 Å². The van der Waals surface area contributed by atoms with E-state index in [1.165, 1.54) is 30.4 Å². The van der Waals surface area contributed by atoms with Crippen molar-refractivity contribution in [3.05, 3.63) is 35.4 Å². The van der Waals surface area contributed by atoms with Gasteiger partial charge in [0, 0.05) is 19.5 Å². The monoisotopic (exact) mass is 338 g/mol. The summed E-state index contributed by atoms with van der Waals surface area (Å²) in [6, 6.07) is 8.37. The lowest BCUT2D eigenvalue weighted by molar-refractivity contribution is -0.122. The van der Waals surface area contributed by atoms with Crippen LogP contribution in [0, 0.1) is 0 Å². The van der Waals surface area contributed by atoms with Crippen molar-refractivity contribution in [3.8, 4) is 0 Å². The summed E-state index contributed by atoms with van der Waals surface area (Å²) < 4.78 is 5.82. The van der Waals surface area contributed by atoms with Crippen LogP contribution in [0.25, 0.3) is 0 Å². The highest BCUT2D eigenvalue weighted by Gasteiger charge is 2.21. The molecule has 1 amide bonds. The average Bonchev–Trinajstić information content (AvgIpc) is 2.59. The van der Waals surface area contributed by atoms with E-state index in [1.54, 1.807) is 0 Å². The number of carbonyl (C=O) groups excluding carboxylic acids is 1. The molecule has 1 fully saturated rings. The van der Waals surface area contributed by atoms with Crippen molar-refractivity contribution in [2.45, 2.75) is 38.2 Å². The summed E-state index contributed by atoms with van der Waals surface area (Å²) in [6.07, 6.45) is 5.44. The van der Waals surface area contributed by atoms with E-state index >= 15 is 0 Å². The van der Waals surface area contributed by atoms with Crippen molar-refractivity contribution >= 4 is 18.3 Å². The Hall–Kier alpha value is -1.10. The lowest BCUT2D eigenvalue weighted by Crippen LogP contribution is -2.36. The molecule has 1 saturated heterocycles. The van der Waals surface area contributed by atoms with Gasteiger partial charge in [-0.3, -0.25) is 4.79 Å². The molecule has 2 aliphatic heterocycles. The molecule has 0 aliphatic carbocycles. The molecule has 23 heavy (non-hydrogen) atoms. The smallest absolute Gasteiger partial charge is 0.221 e. The van der Waals surface area contributed by atoms with Crippen molar-refractivity contribution in [1.82, 2.24) is 10.2 Å². The maximum atomic E-state index is 12.0. The average molecular weight is 339 g/mol. The molecule has 2 aliphatic rings. The molecular formula is C18H27ClN2O2. The largest absolute Gasteiger partial charge is 0.371 e. The Morgan fingerprint density at radius 2 is 2.00 bits per heavy atom. The van der Waals surface area contributed by atoms with Gasteiger partial charge in [-0.15, -0.1) is 12.4 Å². The van der Waals surface area contributed by atoms with Gasteiger partial charge in [-0.2, -0.15) is 0 Å². The van der Waals surface area contributed by atoms with Gasteiger partial charge in [0.15, 0.2) is 0 Å². The number of nitrogens with one attached hydrogen (secondary N) is 1. The van der Waals surface area contributed by atoms with E-state index in [1.807, 2.05) is 6.07 Å². The van der Waals surface area contributed by atoms with Crippen molar-refractivity contribution < 1.29 is 9.53 Å². The lowest BCUT2D eigenvalue weighted by atomic mass is 9.97. The minimum atomic E-state index is 0. The highest BCUT2D eigenvalue weighted by Crippen LogP contribution is 2.26. The number of benzene rings is 1. The van der Waals surface area contributed by atoms with Crippen LogP contribution in [0.15, 0.2) is 24.3 Å². The predicted octanol–water partition coefficient (Wildman–Crippen LogP) is 2.71. The molecule has 1 unspecified atom stereocenters. The molecule has 0 saturated carbocycles. The first-order chi connectivity index (χ1) is 10.8. The fourth-order valence-electron chi connectivity index (χ4n) is 3.38. The van der Waals surface area contributed by atoms with E-state index in [4.69, 9.17) is 4.74 Å². The maximum Gasteiger partial charge on any atom is 0.221 e. The van der Waals surface area contributed by atoms with Crippen molar-refractivity contribution in [2.75, 3.05) is 32.8 Å². The van der Waals surface area contributed by atoms with E-state index in [-0.39, 0.29) is 24.4 Å². The standard InChI is InChI=1S/C18H26N2O2.ClH/c21-18(8-12-20-10-4-1-5-11-20)19-14-17-16-7-3-2-6-15(16)9-13-22-17;/h2-3,6-7,17H,1,4-5,8-14H2,(H,19,21);1H. The number of fused-ring (bicyclic) bond motifs is 1. The van der Waals surface area contributed by atoms with Gasteiger partial charge in [-0.25, -0.2) is 0 Å². The Morgan fingerprint density at radius 3 is 2.83 bits per heavy atom. The van der Waals surface area contributed by atoms with E-state index in [0.29, 0.717) is 13.0 Å². The number of ether oxygens (including phenoxy) is 1. The third-order valence-corrected chi connectivity index (χ3v) is 4.68. The summed E-state index contributed by atoms with van der Waals surface area (Å²) in [5.41, 5.74) is 2.58. The zero-order valence-corrected chi connectivity index (χ0v) is 14.4. The number of amides is 1. The molecule has 1 atom stereocenters. The first kappa shape index (κ1) is 18.2. The van der Waals surface area contributed by atoms with E-state index in [0.717, 1.165) is 32.7 Å². The van der Waals surface area contributed by atoms with Crippen molar-refractivity contribution in [3.63, 3.8) is 0 Å². The van der Waals surface area contributed by atoms with E-state index in [9.17, 15) is 4.79 Å². The number of hydrogen-bond donors (Lipinski definition) is 1. The van der Waals surface area contributed by atoms with Gasteiger partial charge in [0.2, 0.25) is 5.91 Å². The summed E-state index contributed by atoms with van der Waals surface area (Å²) in [5.74, 6) is 0.136. The zero-order chi connectivity index (χ0) is 15.2. The first-order valence-electron chi connectivity index (χ1n) is 8.51. The highest BCUT2D eigenvalue weighted by atomic mass is 35.5. The second kappa shape index (κ2) is 9.26. The topological polar surface area (TPSA) is 41.6 Å². The Kier molecular flexibility index (Phi) is 7.34. The number of piperidine rings is 1. The molecule has 0 aromatic heterocycles. The number of carbonyl (C=O) groups is 1. The summed E-state index contributed by atoms with van der Waals surface area (Å²) in [5, 5.41) is 3.04. The van der Waals surface area contributed by atoms with Gasteiger partial charge in [0.1, 0.15) is 6.10 Å². The second-order valence-corrected chi connectivity index (χ2v) is 6.26. The van der Waals surface area contributed by atoms with Crippen LogP contribution in [0.3, 0.4) is 0 Å². The van der Waals surface area contributed by atoms with Crippen molar-refractivity contribution in [2.24, 2.45) is 0 Å². The number of hydrogen-bond acceptors (Lipinski definition) is 3. The third-order valence-electron chi connectivity index (χ3n) is 4.68. The SMILES string of the molecule is Cl.O=C(CCN1CCCCC1)NCC1OCCc2ccccc21. The van der Waals surface area contributed by atoms with Gasteiger partial charge in [0.05, 0.1) is 6.61 Å². The van der Waals surface area contributed by atoms with E-state index < -0.39 is 0 Å². The van der Waals surface area contributed by atoms with Crippen LogP contribution >= 0.6 is 12.4 Å². The Morgan fingerprint density at radius 1 is 1.22 bits per heavy atom. The second-order valence-electron chi connectivity index (χ2n) is 6.26. The molecule has 3 rings (SSSR count). The number of halogens is 1. The molecule has 1 N–H and O–H groups in total. The van der Waals surface area contributed by atoms with Crippen LogP contribution in [0.1, 0.15) is 42.9 Å². The molecule has 0 bridgehead atoms. The molecule has 5 heteroatoms. The predicted molar refractivity (Wildman–Crippen MR) is 94.0 cm³/mol. The summed E-state index contributed by atoms with van der Waals surface area (Å²) in [7, 11) is 0. The van der Waals surface area contributed by atoms with Gasteiger partial charge < -0.3 is 15.0 Å². The van der Waals surface area contributed by atoms with Gasteiger partial charge >= 0.3 is 0 Å². The number of rotatable bonds is 5. The fourth-order valence-corrected chi connectivity index (χ4v) is 3.38. The minimum absolute atomic E-state index is 0. The van der Waals surface area contributed by atoms with Crippen LogP contribution in [-0.4, -0.2) is 43.6 Å². The molecule has 0 radical (unpaired) electrons. The number of nitrogens with zero attached hydrogens (tertiary/aromatic N) is 1. The van der Waals surface area contributed by atoms with Crippen LogP contribution < -0.4 is 5.32 Å². The Labute approximate surface area is 145 Å². The highest BCUT2D eigenvalue weighted by molar-refractivity contribution is 5.85. The van der Waals surface area contributed by atoms with Gasteiger partial charge in [0.25, 0.3) is 0 Å². The molecule has 4 nitrogen and oxygen atoms in total. The van der Waals surface area contributed by atoms with Crippen LogP contribution in [-0.2, 0) is 16.0 Å². The molecule has 128 valence electrons. The Bertz CT molecular complexity index is 504. The van der Waals surface area contributed by atoms with Gasteiger partial charge in [-0.1, -0.05) is 30.7 Å². The fraction of sp³-hybridized carbons (Fsp3) is 0.611. The van der Waals surface area contributed by atoms with Crippen molar-refractivity contribution in [1.29, 1.82) is 0 Å². The van der Waals surface area contributed by atoms with Crippen LogP contribution in [0.4, 0.5) is 0 Å². The maximum absolute atomic E-state index is 12.0. The lowest BCUT2D eigenvalue weighted by Gasteiger charge is -2.27. The summed E-state index contributed by atoms with van der Waals surface area (Å²) in [6.45, 7) is 4.49. The molecule has 2 heterocycles. The third kappa shape index (κ3) is 5.20. The first-order valence-corrected chi connectivity index (χ1v) is 8.51. The quantitative estimate of drug-likeness (QED) is 0.897. The summed E-state index contributed by atoms with van der Waals surface area (Å²) in [4.78, 5) is 14.4. The van der Waals surface area contributed by atoms with Gasteiger partial charge in [-0.05, 0) is 43.5 Å². The Balaban J connectivity index is 0.00000192. The normalized spacial score (nSPS) is 21.1. The minimum Gasteiger partial charge on any atom is -0.371 e. The summed E-state index contributed by atoms with van der Waals surface area (Å²) >= 11 is 0. The molecule has 0 spiro atoms. The van der Waals surface area contributed by atoms with E-state index in [2.05, 4.69) is 28.4 Å². The van der Waals surface area contributed by atoms with Crippen LogP contribution in [0.5, 0.6) is 0 Å². The molecule has 1 aromatic rings. The zero-order valence-electron chi connectivity index (χ0n) is 13.6. The number of likely N-dealkylation sites (tertiary alicyclic amines) is 1. The molecular weight excluding hydrogens is 312 g/mol.